The van der Waals surface area contributed by atoms with E-state index in [0.717, 1.165) is 49.8 Å². The summed E-state index contributed by atoms with van der Waals surface area (Å²) in [6.07, 6.45) is 10.2. The second kappa shape index (κ2) is 12.0. The number of nitrogens with zero attached hydrogens (tertiary/aromatic N) is 2. The molecule has 1 unspecified atom stereocenters. The van der Waals surface area contributed by atoms with E-state index in [1.165, 1.54) is 31.0 Å². The SMILES string of the molecule is CCCCCCCN1C(=O)C(=C2SC(=S)N(CC(CC)CCCC)C2=O)c2ccccc21. The highest BCUT2D eigenvalue weighted by Gasteiger charge is 2.42. The highest BCUT2D eigenvalue weighted by molar-refractivity contribution is 8.26. The molecule has 1 fully saturated rings. The maximum Gasteiger partial charge on any atom is 0.267 e. The molecule has 32 heavy (non-hydrogen) atoms. The van der Waals surface area contributed by atoms with Crippen molar-refractivity contribution in [3.63, 3.8) is 0 Å². The lowest BCUT2D eigenvalue weighted by Crippen LogP contribution is -2.33. The highest BCUT2D eigenvalue weighted by Crippen LogP contribution is 2.44. The zero-order valence-corrected chi connectivity index (χ0v) is 21.3. The quantitative estimate of drug-likeness (QED) is 0.191. The summed E-state index contributed by atoms with van der Waals surface area (Å²) in [4.78, 5) is 31.0. The number of carbonyl (C=O) groups is 2. The molecular formula is C26H36N2O2S2. The molecule has 174 valence electrons. The summed E-state index contributed by atoms with van der Waals surface area (Å²) < 4.78 is 0.579. The van der Waals surface area contributed by atoms with E-state index in [2.05, 4.69) is 20.8 Å². The van der Waals surface area contributed by atoms with Gasteiger partial charge in [0.2, 0.25) is 0 Å². The summed E-state index contributed by atoms with van der Waals surface area (Å²) in [5.74, 6) is 0.283. The first-order valence-electron chi connectivity index (χ1n) is 12.2. The summed E-state index contributed by atoms with van der Waals surface area (Å²) in [7, 11) is 0. The van der Waals surface area contributed by atoms with E-state index >= 15 is 0 Å². The Labute approximate surface area is 202 Å². The first kappa shape index (κ1) is 25.0. The van der Waals surface area contributed by atoms with Crippen LogP contribution in [-0.2, 0) is 9.59 Å². The zero-order valence-electron chi connectivity index (χ0n) is 19.7. The summed E-state index contributed by atoms with van der Waals surface area (Å²) >= 11 is 6.89. The van der Waals surface area contributed by atoms with Crippen molar-refractivity contribution in [3.05, 3.63) is 34.7 Å². The third-order valence-electron chi connectivity index (χ3n) is 6.47. The van der Waals surface area contributed by atoms with Crippen LogP contribution in [-0.4, -0.2) is 34.1 Å². The number of anilines is 1. The fourth-order valence-corrected chi connectivity index (χ4v) is 5.82. The number of benzene rings is 1. The van der Waals surface area contributed by atoms with Gasteiger partial charge in [0.25, 0.3) is 11.8 Å². The smallest absolute Gasteiger partial charge is 0.267 e. The minimum absolute atomic E-state index is 0.0554. The highest BCUT2D eigenvalue weighted by atomic mass is 32.2. The lowest BCUT2D eigenvalue weighted by molar-refractivity contribution is -0.123. The van der Waals surface area contributed by atoms with E-state index in [9.17, 15) is 9.59 Å². The Hall–Kier alpha value is -1.66. The van der Waals surface area contributed by atoms with E-state index in [4.69, 9.17) is 12.2 Å². The van der Waals surface area contributed by atoms with E-state index in [0.29, 0.717) is 33.8 Å². The van der Waals surface area contributed by atoms with Crippen molar-refractivity contribution in [1.82, 2.24) is 4.90 Å². The molecule has 2 aliphatic heterocycles. The molecule has 1 aromatic rings. The average molecular weight is 473 g/mol. The van der Waals surface area contributed by atoms with Crippen LogP contribution in [0.2, 0.25) is 0 Å². The van der Waals surface area contributed by atoms with Gasteiger partial charge in [0.1, 0.15) is 4.32 Å². The van der Waals surface area contributed by atoms with Crippen LogP contribution in [0.15, 0.2) is 29.2 Å². The fraction of sp³-hybridized carbons (Fsp3) is 0.577. The first-order chi connectivity index (χ1) is 15.5. The summed E-state index contributed by atoms with van der Waals surface area (Å²) in [5, 5.41) is 0. The van der Waals surface area contributed by atoms with Gasteiger partial charge in [-0.15, -0.1) is 0 Å². The van der Waals surface area contributed by atoms with Gasteiger partial charge in [-0.1, -0.05) is 108 Å². The predicted octanol–water partition coefficient (Wildman–Crippen LogP) is 6.79. The number of hydrogen-bond donors (Lipinski definition) is 0. The topological polar surface area (TPSA) is 40.6 Å². The molecule has 0 aliphatic carbocycles. The van der Waals surface area contributed by atoms with Crippen LogP contribution in [0.5, 0.6) is 0 Å². The zero-order chi connectivity index (χ0) is 23.1. The number of carbonyl (C=O) groups excluding carboxylic acids is 2. The molecule has 0 aromatic heterocycles. The van der Waals surface area contributed by atoms with Crippen LogP contribution in [0.25, 0.3) is 5.57 Å². The summed E-state index contributed by atoms with van der Waals surface area (Å²) in [6, 6.07) is 7.85. The Kier molecular flexibility index (Phi) is 9.35. The van der Waals surface area contributed by atoms with Gasteiger partial charge in [-0.25, -0.2) is 0 Å². The Morgan fingerprint density at radius 1 is 0.906 bits per heavy atom. The lowest BCUT2D eigenvalue weighted by atomic mass is 9.98. The van der Waals surface area contributed by atoms with Crippen molar-refractivity contribution < 1.29 is 9.59 Å². The van der Waals surface area contributed by atoms with Gasteiger partial charge in [-0.3, -0.25) is 14.5 Å². The molecule has 1 saturated heterocycles. The second-order valence-corrected chi connectivity index (χ2v) is 10.4. The lowest BCUT2D eigenvalue weighted by Gasteiger charge is -2.21. The van der Waals surface area contributed by atoms with Crippen LogP contribution in [0.1, 0.15) is 84.1 Å². The molecule has 4 nitrogen and oxygen atoms in total. The second-order valence-electron chi connectivity index (χ2n) is 8.79. The van der Waals surface area contributed by atoms with Gasteiger partial charge in [-0.2, -0.15) is 0 Å². The maximum absolute atomic E-state index is 13.5. The molecule has 2 heterocycles. The molecule has 0 saturated carbocycles. The Morgan fingerprint density at radius 2 is 1.62 bits per heavy atom. The molecule has 1 atom stereocenters. The van der Waals surface area contributed by atoms with Gasteiger partial charge in [-0.05, 0) is 24.8 Å². The molecule has 6 heteroatoms. The van der Waals surface area contributed by atoms with Gasteiger partial charge in [0, 0.05) is 18.7 Å². The minimum atomic E-state index is -0.0992. The normalized spacial score (nSPS) is 19.3. The molecule has 2 amide bonds. The third kappa shape index (κ3) is 5.45. The number of rotatable bonds is 12. The van der Waals surface area contributed by atoms with Crippen molar-refractivity contribution in [1.29, 1.82) is 0 Å². The van der Waals surface area contributed by atoms with Crippen LogP contribution in [0.3, 0.4) is 0 Å². The van der Waals surface area contributed by atoms with E-state index in [-0.39, 0.29) is 11.8 Å². The van der Waals surface area contributed by atoms with E-state index in [1.54, 1.807) is 4.90 Å². The van der Waals surface area contributed by atoms with Crippen LogP contribution >= 0.6 is 24.0 Å². The number of para-hydroxylation sites is 1. The molecule has 0 radical (unpaired) electrons. The van der Waals surface area contributed by atoms with E-state index in [1.807, 2.05) is 29.2 Å². The fourth-order valence-electron chi connectivity index (χ4n) is 4.48. The first-order valence-corrected chi connectivity index (χ1v) is 13.4. The average Bonchev–Trinajstić information content (AvgIpc) is 3.23. The number of hydrogen-bond acceptors (Lipinski definition) is 4. The number of thioether (sulfide) groups is 1. The number of amides is 2. The van der Waals surface area contributed by atoms with Crippen molar-refractivity contribution in [2.45, 2.75) is 78.6 Å². The monoisotopic (exact) mass is 472 g/mol. The molecule has 3 rings (SSSR count). The Balaban J connectivity index is 1.82. The minimum Gasteiger partial charge on any atom is -0.308 e. The summed E-state index contributed by atoms with van der Waals surface area (Å²) in [5.41, 5.74) is 2.32. The Bertz CT molecular complexity index is 880. The van der Waals surface area contributed by atoms with Gasteiger partial charge in [0.05, 0.1) is 16.2 Å². The molecular weight excluding hydrogens is 436 g/mol. The van der Waals surface area contributed by atoms with Crippen LogP contribution < -0.4 is 4.90 Å². The van der Waals surface area contributed by atoms with Crippen molar-refractivity contribution >= 4 is 51.4 Å². The standard InChI is InChI=1S/C26H36N2O2S2/c1-4-7-9-10-13-17-27-21-16-12-11-15-20(21)22(24(27)29)23-25(30)28(26(31)32-23)18-19(6-3)14-8-5-2/h11-12,15-16,19H,4-10,13-14,17-18H2,1-3H3. The number of thiocarbonyl (C=S) groups is 1. The maximum atomic E-state index is 13.5. The van der Waals surface area contributed by atoms with Crippen molar-refractivity contribution in [2.24, 2.45) is 5.92 Å². The molecule has 0 N–H and O–H groups in total. The molecule has 0 bridgehead atoms. The van der Waals surface area contributed by atoms with Crippen molar-refractivity contribution in [2.75, 3.05) is 18.0 Å². The molecule has 0 spiro atoms. The van der Waals surface area contributed by atoms with E-state index < -0.39 is 0 Å². The van der Waals surface area contributed by atoms with Gasteiger partial charge < -0.3 is 4.90 Å². The Morgan fingerprint density at radius 3 is 2.34 bits per heavy atom. The molecule has 1 aromatic carbocycles. The van der Waals surface area contributed by atoms with Crippen molar-refractivity contribution in [3.8, 4) is 0 Å². The molecule has 2 aliphatic rings. The van der Waals surface area contributed by atoms with Gasteiger partial charge in [0.15, 0.2) is 0 Å². The van der Waals surface area contributed by atoms with Gasteiger partial charge >= 0.3 is 0 Å². The van der Waals surface area contributed by atoms with Crippen LogP contribution in [0, 0.1) is 5.92 Å². The largest absolute Gasteiger partial charge is 0.308 e. The number of fused-ring (bicyclic) bond motifs is 1. The third-order valence-corrected chi connectivity index (χ3v) is 7.92. The number of unbranched alkanes of at least 4 members (excludes halogenated alkanes) is 5. The summed E-state index contributed by atoms with van der Waals surface area (Å²) in [6.45, 7) is 7.91. The predicted molar refractivity (Wildman–Crippen MR) is 140 cm³/mol. The van der Waals surface area contributed by atoms with Crippen LogP contribution in [0.4, 0.5) is 5.69 Å².